The average Bonchev–Trinajstić information content (AvgIpc) is 2.14. The van der Waals surface area contributed by atoms with E-state index in [4.69, 9.17) is 5.11 Å². The van der Waals surface area contributed by atoms with E-state index in [1.807, 2.05) is 0 Å². The summed E-state index contributed by atoms with van der Waals surface area (Å²) in [6.07, 6.45) is 4.00. The average molecular weight is 199 g/mol. The largest absolute Gasteiger partial charge is 0.395 e. The SMILES string of the molecule is CC(C)[C@H]1CC[C@@H](C)C[C@H]1NCCO. The Bertz CT molecular complexity index is 158. The summed E-state index contributed by atoms with van der Waals surface area (Å²) in [5.74, 6) is 2.41. The minimum Gasteiger partial charge on any atom is -0.395 e. The number of aliphatic hydroxyl groups is 1. The van der Waals surface area contributed by atoms with Crippen molar-refractivity contribution in [2.45, 2.75) is 46.1 Å². The molecule has 0 aromatic rings. The van der Waals surface area contributed by atoms with Crippen LogP contribution in [0.4, 0.5) is 0 Å². The first-order valence-electron chi connectivity index (χ1n) is 5.99. The Morgan fingerprint density at radius 3 is 2.64 bits per heavy atom. The molecule has 0 aromatic carbocycles. The van der Waals surface area contributed by atoms with E-state index in [-0.39, 0.29) is 6.61 Å². The lowest BCUT2D eigenvalue weighted by molar-refractivity contribution is 0.161. The molecule has 2 nitrogen and oxygen atoms in total. The fraction of sp³-hybridized carbons (Fsp3) is 1.00. The Morgan fingerprint density at radius 1 is 1.36 bits per heavy atom. The van der Waals surface area contributed by atoms with Crippen molar-refractivity contribution in [3.63, 3.8) is 0 Å². The van der Waals surface area contributed by atoms with Crippen LogP contribution >= 0.6 is 0 Å². The molecule has 0 bridgehead atoms. The molecule has 3 atom stereocenters. The Kier molecular flexibility index (Phi) is 4.90. The highest BCUT2D eigenvalue weighted by Gasteiger charge is 2.29. The van der Waals surface area contributed by atoms with Gasteiger partial charge < -0.3 is 10.4 Å². The molecule has 0 unspecified atom stereocenters. The van der Waals surface area contributed by atoms with Gasteiger partial charge in [-0.25, -0.2) is 0 Å². The van der Waals surface area contributed by atoms with E-state index in [1.54, 1.807) is 0 Å². The maximum Gasteiger partial charge on any atom is 0.0556 e. The summed E-state index contributed by atoms with van der Waals surface area (Å²) in [6, 6.07) is 0.630. The van der Waals surface area contributed by atoms with E-state index in [2.05, 4.69) is 26.1 Å². The van der Waals surface area contributed by atoms with Crippen LogP contribution in [0, 0.1) is 17.8 Å². The van der Waals surface area contributed by atoms with Gasteiger partial charge in [0.05, 0.1) is 6.61 Å². The van der Waals surface area contributed by atoms with Gasteiger partial charge >= 0.3 is 0 Å². The molecule has 0 radical (unpaired) electrons. The highest BCUT2D eigenvalue weighted by atomic mass is 16.3. The molecular weight excluding hydrogens is 174 g/mol. The van der Waals surface area contributed by atoms with Crippen LogP contribution in [0.2, 0.25) is 0 Å². The normalized spacial score (nSPS) is 33.6. The van der Waals surface area contributed by atoms with Gasteiger partial charge in [-0.2, -0.15) is 0 Å². The fourth-order valence-corrected chi connectivity index (χ4v) is 2.69. The number of rotatable bonds is 4. The van der Waals surface area contributed by atoms with Crippen LogP contribution in [-0.2, 0) is 0 Å². The standard InChI is InChI=1S/C12H25NO/c1-9(2)11-5-4-10(3)8-12(11)13-6-7-14/h9-14H,4-8H2,1-3H3/t10-,11-,12-/m1/s1. The van der Waals surface area contributed by atoms with Crippen LogP contribution in [-0.4, -0.2) is 24.3 Å². The topological polar surface area (TPSA) is 32.3 Å². The van der Waals surface area contributed by atoms with Gasteiger partial charge in [-0.3, -0.25) is 0 Å². The molecule has 0 aliphatic heterocycles. The highest BCUT2D eigenvalue weighted by Crippen LogP contribution is 2.33. The molecule has 1 rings (SSSR count). The zero-order valence-corrected chi connectivity index (χ0v) is 9.79. The molecule has 0 amide bonds. The van der Waals surface area contributed by atoms with E-state index in [9.17, 15) is 0 Å². The lowest BCUT2D eigenvalue weighted by Crippen LogP contribution is -2.43. The second-order valence-electron chi connectivity index (χ2n) is 5.11. The van der Waals surface area contributed by atoms with Gasteiger partial charge in [0.2, 0.25) is 0 Å². The van der Waals surface area contributed by atoms with E-state index < -0.39 is 0 Å². The third kappa shape index (κ3) is 3.25. The van der Waals surface area contributed by atoms with E-state index in [1.165, 1.54) is 19.3 Å². The molecule has 2 heteroatoms. The van der Waals surface area contributed by atoms with Crippen molar-refractivity contribution >= 4 is 0 Å². The first-order valence-corrected chi connectivity index (χ1v) is 5.99. The van der Waals surface area contributed by atoms with Crippen molar-refractivity contribution in [1.82, 2.24) is 5.32 Å². The summed E-state index contributed by atoms with van der Waals surface area (Å²) in [5.41, 5.74) is 0. The van der Waals surface area contributed by atoms with Crippen LogP contribution in [0.3, 0.4) is 0 Å². The summed E-state index contributed by atoms with van der Waals surface area (Å²) >= 11 is 0. The molecule has 0 saturated heterocycles. The summed E-state index contributed by atoms with van der Waals surface area (Å²) in [7, 11) is 0. The van der Waals surface area contributed by atoms with Gasteiger partial charge in [-0.15, -0.1) is 0 Å². The third-order valence-electron chi connectivity index (χ3n) is 3.54. The Labute approximate surface area is 88.1 Å². The van der Waals surface area contributed by atoms with Crippen molar-refractivity contribution in [2.75, 3.05) is 13.2 Å². The van der Waals surface area contributed by atoms with Crippen molar-refractivity contribution in [3.05, 3.63) is 0 Å². The molecule has 1 aliphatic carbocycles. The summed E-state index contributed by atoms with van der Waals surface area (Å²) in [6.45, 7) is 7.98. The smallest absolute Gasteiger partial charge is 0.0556 e. The van der Waals surface area contributed by atoms with Gasteiger partial charge in [0.15, 0.2) is 0 Å². The molecule has 14 heavy (non-hydrogen) atoms. The summed E-state index contributed by atoms with van der Waals surface area (Å²) < 4.78 is 0. The Balaban J connectivity index is 2.45. The highest BCUT2D eigenvalue weighted by molar-refractivity contribution is 4.85. The molecule has 2 N–H and O–H groups in total. The maximum atomic E-state index is 8.83. The predicted molar refractivity (Wildman–Crippen MR) is 60.2 cm³/mol. The quantitative estimate of drug-likeness (QED) is 0.726. The van der Waals surface area contributed by atoms with Crippen LogP contribution in [0.15, 0.2) is 0 Å². The molecule has 0 heterocycles. The number of nitrogens with one attached hydrogen (secondary N) is 1. The number of hydrogen-bond acceptors (Lipinski definition) is 2. The molecule has 1 aliphatic rings. The predicted octanol–water partition coefficient (Wildman–Crippen LogP) is 2.03. The molecule has 84 valence electrons. The van der Waals surface area contributed by atoms with Crippen LogP contribution in [0.1, 0.15) is 40.0 Å². The van der Waals surface area contributed by atoms with Crippen molar-refractivity contribution in [3.8, 4) is 0 Å². The summed E-state index contributed by atoms with van der Waals surface area (Å²) in [4.78, 5) is 0. The Hall–Kier alpha value is -0.0800. The minimum atomic E-state index is 0.260. The van der Waals surface area contributed by atoms with Gasteiger partial charge in [0.25, 0.3) is 0 Å². The third-order valence-corrected chi connectivity index (χ3v) is 3.54. The fourth-order valence-electron chi connectivity index (χ4n) is 2.69. The van der Waals surface area contributed by atoms with Crippen molar-refractivity contribution in [2.24, 2.45) is 17.8 Å². The molecule has 0 spiro atoms. The lowest BCUT2D eigenvalue weighted by Gasteiger charge is -2.37. The Morgan fingerprint density at radius 2 is 2.07 bits per heavy atom. The summed E-state index contributed by atoms with van der Waals surface area (Å²) in [5, 5.41) is 12.3. The first-order chi connectivity index (χ1) is 6.65. The first kappa shape index (κ1) is 12.0. The molecule has 1 saturated carbocycles. The van der Waals surface area contributed by atoms with Gasteiger partial charge in [-0.05, 0) is 30.6 Å². The lowest BCUT2D eigenvalue weighted by atomic mass is 9.74. The maximum absolute atomic E-state index is 8.83. The molecule has 1 fully saturated rings. The monoisotopic (exact) mass is 199 g/mol. The van der Waals surface area contributed by atoms with Crippen molar-refractivity contribution < 1.29 is 5.11 Å². The van der Waals surface area contributed by atoms with Gasteiger partial charge in [0.1, 0.15) is 0 Å². The number of hydrogen-bond donors (Lipinski definition) is 2. The second-order valence-corrected chi connectivity index (χ2v) is 5.11. The van der Waals surface area contributed by atoms with E-state index >= 15 is 0 Å². The van der Waals surface area contributed by atoms with Crippen LogP contribution < -0.4 is 5.32 Å². The van der Waals surface area contributed by atoms with Crippen LogP contribution in [0.25, 0.3) is 0 Å². The number of aliphatic hydroxyl groups excluding tert-OH is 1. The molecule has 0 aromatic heterocycles. The zero-order valence-electron chi connectivity index (χ0n) is 9.79. The van der Waals surface area contributed by atoms with Crippen LogP contribution in [0.5, 0.6) is 0 Å². The molecular formula is C12H25NO. The van der Waals surface area contributed by atoms with Crippen molar-refractivity contribution in [1.29, 1.82) is 0 Å². The zero-order chi connectivity index (χ0) is 10.6. The van der Waals surface area contributed by atoms with Gasteiger partial charge in [0, 0.05) is 12.6 Å². The minimum absolute atomic E-state index is 0.260. The van der Waals surface area contributed by atoms with E-state index in [0.717, 1.165) is 24.3 Å². The second kappa shape index (κ2) is 5.72. The van der Waals surface area contributed by atoms with Gasteiger partial charge in [-0.1, -0.05) is 27.2 Å². The van der Waals surface area contributed by atoms with E-state index in [0.29, 0.717) is 6.04 Å².